The lowest BCUT2D eigenvalue weighted by atomic mass is 9.84. The van der Waals surface area contributed by atoms with Crippen LogP contribution in [0, 0.1) is 11.7 Å². The van der Waals surface area contributed by atoms with Crippen molar-refractivity contribution in [2.24, 2.45) is 11.7 Å². The Labute approximate surface area is 193 Å². The van der Waals surface area contributed by atoms with Crippen LogP contribution in [0.15, 0.2) is 30.3 Å². The van der Waals surface area contributed by atoms with Crippen LogP contribution in [0.25, 0.3) is 11.0 Å². The first-order valence-electron chi connectivity index (χ1n) is 10.7. The number of anilines is 1. The molecule has 2 atom stereocenters. The third kappa shape index (κ3) is 3.72. The highest BCUT2D eigenvalue weighted by molar-refractivity contribution is 6.31. The summed E-state index contributed by atoms with van der Waals surface area (Å²) in [4.78, 5) is 6.40. The summed E-state index contributed by atoms with van der Waals surface area (Å²) in [6.07, 6.45) is 0.388. The Morgan fingerprint density at radius 2 is 2.00 bits per heavy atom. The fraction of sp³-hybridized carbons (Fsp3) is 0.435. The van der Waals surface area contributed by atoms with Crippen molar-refractivity contribution in [3.8, 4) is 5.75 Å². The number of hydrogen-bond acceptors (Lipinski definition) is 5. The van der Waals surface area contributed by atoms with Gasteiger partial charge in [0.25, 0.3) is 0 Å². The number of rotatable bonds is 5. The van der Waals surface area contributed by atoms with E-state index >= 15 is 0 Å². The third-order valence-electron chi connectivity index (χ3n) is 6.69. The molecule has 3 heterocycles. The highest BCUT2D eigenvalue weighted by Gasteiger charge is 2.40. The molecule has 0 bridgehead atoms. The number of hydrogen-bond donors (Lipinski definition) is 2. The standard InChI is InChI=1S/C23H24ClF3N4O2/c1-23(2,32)11-9-30(10-11)16-8-17-15(6-13(16)25)29-21-14(28)7-18(31(17)21)20-12(24)4-3-5-19(20)33-22(26)27/h3-6,8,11,14,18,22,32H,7,9-10,28H2,1-2H3/t14-,18-/m1/s1. The van der Waals surface area contributed by atoms with E-state index in [4.69, 9.17) is 22.1 Å². The molecule has 0 unspecified atom stereocenters. The zero-order chi connectivity index (χ0) is 23.7. The van der Waals surface area contributed by atoms with Crippen LogP contribution in [0.5, 0.6) is 5.75 Å². The molecule has 33 heavy (non-hydrogen) atoms. The molecule has 3 aromatic rings. The highest BCUT2D eigenvalue weighted by atomic mass is 35.5. The van der Waals surface area contributed by atoms with Gasteiger partial charge in [-0.05, 0) is 38.5 Å². The number of aromatic nitrogens is 2. The largest absolute Gasteiger partial charge is 0.434 e. The SMILES string of the molecule is CC(C)(O)C1CN(c2cc3c(cc2F)nc2n3[C@@H](c3c(Cl)cccc3OC(F)F)C[C@H]2N)C1. The minimum atomic E-state index is -3.01. The van der Waals surface area contributed by atoms with Crippen LogP contribution in [0.3, 0.4) is 0 Å². The van der Waals surface area contributed by atoms with Crippen LogP contribution < -0.4 is 15.4 Å². The van der Waals surface area contributed by atoms with E-state index in [-0.39, 0.29) is 16.7 Å². The number of aliphatic hydroxyl groups is 1. The van der Waals surface area contributed by atoms with Gasteiger partial charge < -0.3 is 25.0 Å². The monoisotopic (exact) mass is 480 g/mol. The highest BCUT2D eigenvalue weighted by Crippen LogP contribution is 2.46. The van der Waals surface area contributed by atoms with Crippen LogP contribution >= 0.6 is 11.6 Å². The minimum Gasteiger partial charge on any atom is -0.434 e. The van der Waals surface area contributed by atoms with Crippen LogP contribution in [0.1, 0.15) is 43.7 Å². The summed E-state index contributed by atoms with van der Waals surface area (Å²) in [6, 6.07) is 6.69. The average molecular weight is 481 g/mol. The fourth-order valence-corrected chi connectivity index (χ4v) is 5.11. The summed E-state index contributed by atoms with van der Waals surface area (Å²) < 4.78 is 47.7. The molecule has 1 fully saturated rings. The van der Waals surface area contributed by atoms with E-state index < -0.39 is 30.1 Å². The second-order valence-electron chi connectivity index (χ2n) is 9.28. The normalized spacial score (nSPS) is 21.1. The Kier molecular flexibility index (Phi) is 5.26. The maximum absolute atomic E-state index is 15.0. The Bertz CT molecular complexity index is 1220. The van der Waals surface area contributed by atoms with E-state index in [0.29, 0.717) is 47.6 Å². The summed E-state index contributed by atoms with van der Waals surface area (Å²) in [5.74, 6) is 0.120. The van der Waals surface area contributed by atoms with Gasteiger partial charge >= 0.3 is 6.61 Å². The minimum absolute atomic E-state index is 0.0255. The predicted octanol–water partition coefficient (Wildman–Crippen LogP) is 4.63. The third-order valence-corrected chi connectivity index (χ3v) is 7.02. The van der Waals surface area contributed by atoms with Crippen molar-refractivity contribution in [1.29, 1.82) is 0 Å². The van der Waals surface area contributed by atoms with Crippen LogP contribution in [-0.2, 0) is 0 Å². The lowest BCUT2D eigenvalue weighted by Gasteiger charge is -2.46. The summed E-state index contributed by atoms with van der Waals surface area (Å²) in [5, 5.41) is 10.5. The van der Waals surface area contributed by atoms with Crippen molar-refractivity contribution in [2.75, 3.05) is 18.0 Å². The van der Waals surface area contributed by atoms with Crippen molar-refractivity contribution in [3.05, 3.63) is 52.6 Å². The molecule has 0 saturated carbocycles. The Morgan fingerprint density at radius 3 is 2.67 bits per heavy atom. The number of alkyl halides is 2. The van der Waals surface area contributed by atoms with Gasteiger partial charge in [-0.25, -0.2) is 9.37 Å². The smallest absolute Gasteiger partial charge is 0.387 e. The van der Waals surface area contributed by atoms with Crippen LogP contribution in [0.4, 0.5) is 18.9 Å². The Balaban J connectivity index is 1.60. The molecule has 1 saturated heterocycles. The van der Waals surface area contributed by atoms with Crippen molar-refractivity contribution >= 4 is 28.3 Å². The van der Waals surface area contributed by atoms with E-state index in [0.717, 1.165) is 0 Å². The number of nitrogens with zero attached hydrogens (tertiary/aromatic N) is 3. The molecule has 1 aromatic heterocycles. The molecule has 2 aromatic carbocycles. The van der Waals surface area contributed by atoms with Crippen molar-refractivity contribution < 1.29 is 23.0 Å². The Hall–Kier alpha value is -2.49. The van der Waals surface area contributed by atoms with Gasteiger partial charge in [-0.1, -0.05) is 17.7 Å². The van der Waals surface area contributed by atoms with E-state index in [1.54, 1.807) is 32.0 Å². The molecule has 3 N–H and O–H groups in total. The lowest BCUT2D eigenvalue weighted by molar-refractivity contribution is -0.0506. The van der Waals surface area contributed by atoms with Gasteiger partial charge in [-0.15, -0.1) is 0 Å². The van der Waals surface area contributed by atoms with Gasteiger partial charge in [0.2, 0.25) is 0 Å². The number of imidazole rings is 1. The van der Waals surface area contributed by atoms with Crippen molar-refractivity contribution in [2.45, 2.75) is 44.6 Å². The summed E-state index contributed by atoms with van der Waals surface area (Å²) in [6.45, 7) is 1.52. The number of nitrogens with two attached hydrogens (primary N) is 1. The van der Waals surface area contributed by atoms with Gasteiger partial charge in [0, 0.05) is 35.7 Å². The van der Waals surface area contributed by atoms with E-state index in [2.05, 4.69) is 4.98 Å². The molecular weight excluding hydrogens is 457 g/mol. The molecular formula is C23H24ClF3N4O2. The molecule has 176 valence electrons. The first-order valence-corrected chi connectivity index (χ1v) is 11.1. The molecule has 10 heteroatoms. The first kappa shape index (κ1) is 22.3. The number of benzene rings is 2. The average Bonchev–Trinajstić information content (AvgIpc) is 3.17. The molecule has 0 aliphatic carbocycles. The first-order chi connectivity index (χ1) is 15.5. The maximum Gasteiger partial charge on any atom is 0.387 e. The molecule has 0 radical (unpaired) electrons. The van der Waals surface area contributed by atoms with Crippen LogP contribution in [0.2, 0.25) is 5.02 Å². The van der Waals surface area contributed by atoms with Gasteiger partial charge in [-0.2, -0.15) is 8.78 Å². The molecule has 6 nitrogen and oxygen atoms in total. The second-order valence-corrected chi connectivity index (χ2v) is 9.68. The van der Waals surface area contributed by atoms with E-state index in [9.17, 15) is 18.3 Å². The van der Waals surface area contributed by atoms with Crippen LogP contribution in [-0.4, -0.2) is 40.0 Å². The summed E-state index contributed by atoms with van der Waals surface area (Å²) >= 11 is 6.43. The number of halogens is 4. The molecule has 0 amide bonds. The topological polar surface area (TPSA) is 76.5 Å². The number of ether oxygens (including phenoxy) is 1. The predicted molar refractivity (Wildman–Crippen MR) is 119 cm³/mol. The van der Waals surface area contributed by atoms with E-state index in [1.165, 1.54) is 12.1 Å². The van der Waals surface area contributed by atoms with Gasteiger partial charge in [0.1, 0.15) is 17.4 Å². The summed E-state index contributed by atoms with van der Waals surface area (Å²) in [7, 11) is 0. The molecule has 2 aliphatic rings. The van der Waals surface area contributed by atoms with Gasteiger partial charge in [0.15, 0.2) is 0 Å². The van der Waals surface area contributed by atoms with Crippen molar-refractivity contribution in [3.63, 3.8) is 0 Å². The number of fused-ring (bicyclic) bond motifs is 3. The van der Waals surface area contributed by atoms with Gasteiger partial charge in [-0.3, -0.25) is 0 Å². The molecule has 2 aliphatic heterocycles. The second kappa shape index (κ2) is 7.78. The Morgan fingerprint density at radius 1 is 1.27 bits per heavy atom. The fourth-order valence-electron chi connectivity index (χ4n) is 4.81. The quantitative estimate of drug-likeness (QED) is 0.557. The van der Waals surface area contributed by atoms with Gasteiger partial charge in [0.05, 0.1) is 34.4 Å². The zero-order valence-electron chi connectivity index (χ0n) is 18.1. The zero-order valence-corrected chi connectivity index (χ0v) is 18.9. The van der Waals surface area contributed by atoms with Crippen molar-refractivity contribution in [1.82, 2.24) is 9.55 Å². The lowest BCUT2D eigenvalue weighted by Crippen LogP contribution is -2.56. The summed E-state index contributed by atoms with van der Waals surface area (Å²) in [5.41, 5.74) is 7.33. The van der Waals surface area contributed by atoms with E-state index in [1.807, 2.05) is 9.47 Å². The molecule has 5 rings (SSSR count). The maximum atomic E-state index is 15.0. The molecule has 0 spiro atoms.